The average Bonchev–Trinajstić information content (AvgIpc) is 2.95. The van der Waals surface area contributed by atoms with E-state index in [1.807, 2.05) is 11.3 Å². The van der Waals surface area contributed by atoms with E-state index in [0.717, 1.165) is 0 Å². The topological polar surface area (TPSA) is 0 Å². The first-order valence-corrected chi connectivity index (χ1v) is 9.58. The van der Waals surface area contributed by atoms with Gasteiger partial charge in [0.2, 0.25) is 0 Å². The molecular weight excluding hydrogens is 299 g/mol. The summed E-state index contributed by atoms with van der Waals surface area (Å²) in [6, 6.07) is 26.3. The van der Waals surface area contributed by atoms with Crippen molar-refractivity contribution < 1.29 is 0 Å². The summed E-state index contributed by atoms with van der Waals surface area (Å²) < 4.78 is 4.54. The van der Waals surface area contributed by atoms with Crippen molar-refractivity contribution in [3.05, 3.63) is 78.2 Å². The fourth-order valence-corrected chi connectivity index (χ4v) is 8.82. The van der Waals surface area contributed by atoms with Crippen molar-refractivity contribution in [3.8, 4) is 0 Å². The van der Waals surface area contributed by atoms with Crippen molar-refractivity contribution in [2.75, 3.05) is 0 Å². The number of hydrogen-bond acceptors (Lipinski definition) is 1. The third-order valence-electron chi connectivity index (χ3n) is 2.76. The summed E-state index contributed by atoms with van der Waals surface area (Å²) in [5, 5.41) is 2.18. The maximum atomic E-state index is 2.28. The normalized spacial score (nSPS) is 10.7. The Bertz CT molecular complexity index is 548. The van der Waals surface area contributed by atoms with E-state index in [2.05, 4.69) is 78.2 Å². The van der Waals surface area contributed by atoms with E-state index >= 15 is 0 Å². The van der Waals surface area contributed by atoms with Gasteiger partial charge in [0, 0.05) is 0 Å². The number of rotatable bonds is 3. The van der Waals surface area contributed by atoms with Crippen LogP contribution in [0.1, 0.15) is 0 Å². The Balaban J connectivity index is 2.11. The van der Waals surface area contributed by atoms with E-state index in [4.69, 9.17) is 0 Å². The molecule has 0 nitrogen and oxygen atoms in total. The van der Waals surface area contributed by atoms with Gasteiger partial charge in [-0.3, -0.25) is 0 Å². The molecule has 0 aliphatic rings. The van der Waals surface area contributed by atoms with Crippen molar-refractivity contribution in [1.82, 2.24) is 0 Å². The van der Waals surface area contributed by atoms with Crippen LogP contribution < -0.4 is 12.4 Å². The molecule has 3 rings (SSSR count). The Labute approximate surface area is 116 Å². The first kappa shape index (κ1) is 11.8. The van der Waals surface area contributed by atoms with Gasteiger partial charge in [-0.1, -0.05) is 0 Å². The SMILES string of the molecule is c1ccc([As](c2ccccc2)c2cccs2)cc1. The van der Waals surface area contributed by atoms with Gasteiger partial charge >= 0.3 is 117 Å². The Morgan fingerprint density at radius 3 is 1.61 bits per heavy atom. The van der Waals surface area contributed by atoms with Crippen LogP contribution in [0.3, 0.4) is 0 Å². The van der Waals surface area contributed by atoms with E-state index in [0.29, 0.717) is 0 Å². The first-order valence-electron chi connectivity index (χ1n) is 5.89. The molecule has 2 heteroatoms. The molecule has 0 aliphatic heterocycles. The van der Waals surface area contributed by atoms with Gasteiger partial charge in [0.1, 0.15) is 0 Å². The second kappa shape index (κ2) is 5.56. The number of thiophene rings is 1. The fourth-order valence-electron chi connectivity index (χ4n) is 1.95. The van der Waals surface area contributed by atoms with Gasteiger partial charge in [-0.05, 0) is 0 Å². The predicted molar refractivity (Wildman–Crippen MR) is 81.9 cm³/mol. The number of benzene rings is 2. The summed E-state index contributed by atoms with van der Waals surface area (Å²) >= 11 is 0.564. The monoisotopic (exact) mass is 312 g/mol. The first-order chi connectivity index (χ1) is 8.95. The summed E-state index contributed by atoms with van der Waals surface area (Å²) in [4.78, 5) is 0. The molecule has 0 unspecified atom stereocenters. The molecule has 0 spiro atoms. The van der Waals surface area contributed by atoms with Crippen molar-refractivity contribution >= 4 is 38.4 Å². The van der Waals surface area contributed by atoms with Crippen LogP contribution >= 0.6 is 11.3 Å². The molecule has 88 valence electrons. The van der Waals surface area contributed by atoms with Crippen molar-refractivity contribution in [1.29, 1.82) is 0 Å². The van der Waals surface area contributed by atoms with Crippen LogP contribution in [0, 0.1) is 0 Å². The van der Waals surface area contributed by atoms with Gasteiger partial charge < -0.3 is 0 Å². The van der Waals surface area contributed by atoms with Crippen molar-refractivity contribution in [2.45, 2.75) is 0 Å². The Kier molecular flexibility index (Phi) is 3.64. The third kappa shape index (κ3) is 2.43. The van der Waals surface area contributed by atoms with Gasteiger partial charge in [0.05, 0.1) is 0 Å². The molecule has 1 heterocycles. The van der Waals surface area contributed by atoms with Gasteiger partial charge in [-0.25, -0.2) is 0 Å². The Morgan fingerprint density at radius 1 is 0.611 bits per heavy atom. The minimum atomic E-state index is -1.32. The summed E-state index contributed by atoms with van der Waals surface area (Å²) in [6.45, 7) is 0. The van der Waals surface area contributed by atoms with Gasteiger partial charge in [-0.15, -0.1) is 0 Å². The van der Waals surface area contributed by atoms with Crippen LogP contribution in [0.25, 0.3) is 0 Å². The summed E-state index contributed by atoms with van der Waals surface area (Å²) in [6.07, 6.45) is 0. The number of hydrogen-bond donors (Lipinski definition) is 0. The van der Waals surface area contributed by atoms with Crippen LogP contribution in [0.5, 0.6) is 0 Å². The van der Waals surface area contributed by atoms with Gasteiger partial charge in [-0.2, -0.15) is 0 Å². The summed E-state index contributed by atoms with van der Waals surface area (Å²) in [5.41, 5.74) is 0. The molecule has 0 bridgehead atoms. The molecule has 0 amide bonds. The van der Waals surface area contributed by atoms with Gasteiger partial charge in [0.15, 0.2) is 0 Å². The molecule has 0 N–H and O–H groups in total. The molecule has 0 fully saturated rings. The van der Waals surface area contributed by atoms with Crippen LogP contribution in [-0.4, -0.2) is 14.7 Å². The standard InChI is InChI=1S/C16H13AsS/c1-3-8-14(9-4-1)17(16-12-7-13-18-16)15-10-5-2-6-11-15/h1-13H. The molecule has 0 saturated heterocycles. The zero-order chi connectivity index (χ0) is 12.2. The fraction of sp³-hybridized carbons (Fsp3) is 0. The molecule has 18 heavy (non-hydrogen) atoms. The molecule has 0 aliphatic carbocycles. The van der Waals surface area contributed by atoms with Crippen molar-refractivity contribution in [2.24, 2.45) is 0 Å². The molecular formula is C16H13AsS. The quantitative estimate of drug-likeness (QED) is 0.651. The summed E-state index contributed by atoms with van der Waals surface area (Å²) in [7, 11) is 0. The minimum absolute atomic E-state index is 1.32. The molecule has 0 saturated carbocycles. The van der Waals surface area contributed by atoms with Crippen LogP contribution in [0.4, 0.5) is 0 Å². The zero-order valence-electron chi connectivity index (χ0n) is 9.86. The van der Waals surface area contributed by atoms with E-state index in [1.165, 1.54) is 8.70 Å². The van der Waals surface area contributed by atoms with E-state index in [-0.39, 0.29) is 0 Å². The zero-order valence-corrected chi connectivity index (χ0v) is 12.6. The molecule has 2 aromatic carbocycles. The second-order valence-electron chi connectivity index (χ2n) is 3.96. The average molecular weight is 312 g/mol. The van der Waals surface area contributed by atoms with E-state index in [9.17, 15) is 0 Å². The molecule has 3 aromatic rings. The Hall–Kier alpha value is -1.30. The molecule has 1 aromatic heterocycles. The molecule has 0 atom stereocenters. The molecule has 0 radical (unpaired) electrons. The van der Waals surface area contributed by atoms with Crippen LogP contribution in [-0.2, 0) is 0 Å². The summed E-state index contributed by atoms with van der Waals surface area (Å²) in [5.74, 6) is 0. The second-order valence-corrected chi connectivity index (χ2v) is 10.1. The maximum absolute atomic E-state index is 2.28. The third-order valence-corrected chi connectivity index (χ3v) is 9.69. The van der Waals surface area contributed by atoms with Crippen LogP contribution in [0.2, 0.25) is 0 Å². The van der Waals surface area contributed by atoms with Crippen LogP contribution in [0.15, 0.2) is 78.2 Å². The Morgan fingerprint density at radius 2 is 1.17 bits per heavy atom. The van der Waals surface area contributed by atoms with Gasteiger partial charge in [0.25, 0.3) is 0 Å². The predicted octanol–water partition coefficient (Wildman–Crippen LogP) is 2.26. The van der Waals surface area contributed by atoms with E-state index in [1.54, 1.807) is 3.66 Å². The van der Waals surface area contributed by atoms with Crippen molar-refractivity contribution in [3.63, 3.8) is 0 Å². The van der Waals surface area contributed by atoms with E-state index < -0.39 is 14.7 Å².